The summed E-state index contributed by atoms with van der Waals surface area (Å²) in [5.41, 5.74) is 0.0904. The number of halogens is 3. The molecule has 0 saturated carbocycles. The van der Waals surface area contributed by atoms with Gasteiger partial charge in [-0.3, -0.25) is 14.4 Å². The highest BCUT2D eigenvalue weighted by molar-refractivity contribution is 5.95. The molecule has 1 fully saturated rings. The maximum absolute atomic E-state index is 13.3. The number of nitrogens with zero attached hydrogens (tertiary/aromatic N) is 1. The topological polar surface area (TPSA) is 87.7 Å². The van der Waals surface area contributed by atoms with Crippen LogP contribution < -0.4 is 10.6 Å². The summed E-state index contributed by atoms with van der Waals surface area (Å²) in [5.74, 6) is -0.848. The average Bonchev–Trinajstić information content (AvgIpc) is 2.95. The zero-order valence-corrected chi connectivity index (χ0v) is 23.6. The van der Waals surface area contributed by atoms with Crippen molar-refractivity contribution in [2.45, 2.75) is 64.3 Å². The van der Waals surface area contributed by atoms with Crippen molar-refractivity contribution in [3.05, 3.63) is 70.8 Å². The number of amides is 3. The summed E-state index contributed by atoms with van der Waals surface area (Å²) in [6, 6.07) is 10.6. The second kappa shape index (κ2) is 12.8. The monoisotopic (exact) mass is 561 g/mol. The van der Waals surface area contributed by atoms with E-state index in [2.05, 4.69) is 10.6 Å². The van der Waals surface area contributed by atoms with Gasteiger partial charge in [-0.25, -0.2) is 0 Å². The fraction of sp³-hybridized carbons (Fsp3) is 0.500. The molecule has 0 radical (unpaired) electrons. The first-order valence-corrected chi connectivity index (χ1v) is 13.4. The highest BCUT2D eigenvalue weighted by Gasteiger charge is 2.37. The summed E-state index contributed by atoms with van der Waals surface area (Å²) in [5, 5.41) is 5.16. The molecule has 3 rings (SSSR count). The number of methoxy groups -OCH3 is 1. The lowest BCUT2D eigenvalue weighted by Crippen LogP contribution is -2.50. The lowest BCUT2D eigenvalue weighted by atomic mass is 9.84. The Morgan fingerprint density at radius 1 is 1.07 bits per heavy atom. The number of hydrogen-bond donors (Lipinski definition) is 2. The van der Waals surface area contributed by atoms with Gasteiger partial charge in [-0.2, -0.15) is 13.2 Å². The molecular weight excluding hydrogens is 523 g/mol. The number of carbonyl (C=O) groups excluding carboxylic acids is 3. The Kier molecular flexibility index (Phi) is 10.00. The van der Waals surface area contributed by atoms with Crippen LogP contribution in [0, 0.1) is 5.41 Å². The highest BCUT2D eigenvalue weighted by Crippen LogP contribution is 2.33. The minimum Gasteiger partial charge on any atom is -0.380 e. The summed E-state index contributed by atoms with van der Waals surface area (Å²) in [6.07, 6.45) is -3.45. The molecule has 218 valence electrons. The third-order valence-electron chi connectivity index (χ3n) is 7.73. The predicted octanol–water partition coefficient (Wildman–Crippen LogP) is 5.08. The van der Waals surface area contributed by atoms with E-state index in [0.29, 0.717) is 18.7 Å². The normalized spacial score (nSPS) is 18.6. The molecule has 0 aromatic heterocycles. The Morgan fingerprint density at radius 2 is 1.75 bits per heavy atom. The van der Waals surface area contributed by atoms with Gasteiger partial charge in [0.25, 0.3) is 5.91 Å². The maximum Gasteiger partial charge on any atom is 0.416 e. The van der Waals surface area contributed by atoms with Crippen LogP contribution in [0.1, 0.15) is 79.0 Å². The van der Waals surface area contributed by atoms with Crippen LogP contribution in [0.15, 0.2) is 48.5 Å². The second-order valence-corrected chi connectivity index (χ2v) is 10.9. The van der Waals surface area contributed by atoms with Crippen molar-refractivity contribution in [2.24, 2.45) is 5.41 Å². The Morgan fingerprint density at radius 3 is 2.33 bits per heavy atom. The maximum atomic E-state index is 13.3. The smallest absolute Gasteiger partial charge is 0.380 e. The van der Waals surface area contributed by atoms with Crippen LogP contribution in [0.25, 0.3) is 0 Å². The Bertz CT molecular complexity index is 1200. The number of ether oxygens (including phenoxy) is 1. The first-order chi connectivity index (χ1) is 18.8. The van der Waals surface area contributed by atoms with Crippen LogP contribution in [-0.2, 0) is 20.5 Å². The summed E-state index contributed by atoms with van der Waals surface area (Å²) >= 11 is 0. The fourth-order valence-electron chi connectivity index (χ4n) is 4.83. The van der Waals surface area contributed by atoms with Gasteiger partial charge in [0.1, 0.15) is 0 Å². The standard InChI is InChI=1S/C30H38F3N3O4/c1-6-29(2,3)28(39)36-17-22(15-24(18-36)40-5)19-10-12-20(13-11-19)27(38)35-25(16-26(37)34-4)21-8-7-9-23(14-21)30(31,32)33/h7-14,22,24-25H,6,15-18H2,1-5H3,(H,34,37)(H,35,38). The van der Waals surface area contributed by atoms with E-state index in [0.717, 1.165) is 30.5 Å². The molecule has 10 heteroatoms. The van der Waals surface area contributed by atoms with E-state index in [1.807, 2.05) is 37.8 Å². The minimum atomic E-state index is -4.55. The highest BCUT2D eigenvalue weighted by atomic mass is 19.4. The molecule has 7 nitrogen and oxygen atoms in total. The fourth-order valence-corrected chi connectivity index (χ4v) is 4.83. The molecule has 1 saturated heterocycles. The SMILES string of the molecule is CCC(C)(C)C(=O)N1CC(OC)CC(c2ccc(C(=O)NC(CC(=O)NC)c3cccc(C(F)(F)F)c3)cc2)C1. The van der Waals surface area contributed by atoms with Crippen molar-refractivity contribution in [2.75, 3.05) is 27.2 Å². The second-order valence-electron chi connectivity index (χ2n) is 10.9. The Balaban J connectivity index is 1.79. The average molecular weight is 562 g/mol. The van der Waals surface area contributed by atoms with Crippen LogP contribution in [-0.4, -0.2) is 56.0 Å². The predicted molar refractivity (Wildman–Crippen MR) is 146 cm³/mol. The number of likely N-dealkylation sites (tertiary alicyclic amines) is 1. The molecule has 2 N–H and O–H groups in total. The van der Waals surface area contributed by atoms with Crippen molar-refractivity contribution in [3.63, 3.8) is 0 Å². The number of carbonyl (C=O) groups is 3. The van der Waals surface area contributed by atoms with Crippen molar-refractivity contribution >= 4 is 17.7 Å². The molecule has 40 heavy (non-hydrogen) atoms. The van der Waals surface area contributed by atoms with Crippen molar-refractivity contribution in [1.29, 1.82) is 0 Å². The Hall–Kier alpha value is -3.40. The molecule has 3 atom stereocenters. The van der Waals surface area contributed by atoms with E-state index in [-0.39, 0.29) is 29.9 Å². The van der Waals surface area contributed by atoms with Crippen molar-refractivity contribution < 1.29 is 32.3 Å². The quantitative estimate of drug-likeness (QED) is 0.447. The zero-order chi connectivity index (χ0) is 29.7. The van der Waals surface area contributed by atoms with Crippen molar-refractivity contribution in [3.8, 4) is 0 Å². The first-order valence-electron chi connectivity index (χ1n) is 13.4. The summed E-state index contributed by atoms with van der Waals surface area (Å²) < 4.78 is 45.4. The molecular formula is C30H38F3N3O4. The van der Waals surface area contributed by atoms with E-state index in [1.54, 1.807) is 19.2 Å². The number of benzene rings is 2. The van der Waals surface area contributed by atoms with E-state index >= 15 is 0 Å². The molecule has 1 heterocycles. The first kappa shape index (κ1) is 31.1. The van der Waals surface area contributed by atoms with Crippen LogP contribution >= 0.6 is 0 Å². The number of piperidine rings is 1. The third-order valence-corrected chi connectivity index (χ3v) is 7.73. The van der Waals surface area contributed by atoms with Gasteiger partial charge in [0, 0.05) is 44.1 Å². The van der Waals surface area contributed by atoms with E-state index in [4.69, 9.17) is 4.74 Å². The molecule has 1 aliphatic rings. The zero-order valence-electron chi connectivity index (χ0n) is 23.6. The van der Waals surface area contributed by atoms with Gasteiger partial charge in [-0.05, 0) is 48.2 Å². The third kappa shape index (κ3) is 7.62. The number of hydrogen-bond acceptors (Lipinski definition) is 4. The molecule has 3 amide bonds. The van der Waals surface area contributed by atoms with Gasteiger partial charge in [0.15, 0.2) is 0 Å². The lowest BCUT2D eigenvalue weighted by Gasteiger charge is -2.40. The van der Waals surface area contributed by atoms with E-state index in [1.165, 1.54) is 19.2 Å². The van der Waals surface area contributed by atoms with Crippen LogP contribution in [0.4, 0.5) is 13.2 Å². The van der Waals surface area contributed by atoms with Crippen LogP contribution in [0.5, 0.6) is 0 Å². The van der Waals surface area contributed by atoms with Gasteiger partial charge in [0.2, 0.25) is 11.8 Å². The van der Waals surface area contributed by atoms with Crippen LogP contribution in [0.2, 0.25) is 0 Å². The molecule has 2 aromatic carbocycles. The Labute approximate surface area is 233 Å². The van der Waals surface area contributed by atoms with Gasteiger partial charge in [-0.1, -0.05) is 45.0 Å². The summed E-state index contributed by atoms with van der Waals surface area (Å²) in [4.78, 5) is 40.2. The minimum absolute atomic E-state index is 0.0125. The largest absolute Gasteiger partial charge is 0.416 e. The number of alkyl halides is 3. The number of nitrogens with one attached hydrogen (secondary N) is 2. The summed E-state index contributed by atoms with van der Waals surface area (Å²) in [7, 11) is 3.05. The van der Waals surface area contributed by atoms with Crippen LogP contribution in [0.3, 0.4) is 0 Å². The van der Waals surface area contributed by atoms with E-state index < -0.39 is 35.0 Å². The molecule has 0 spiro atoms. The molecule has 3 unspecified atom stereocenters. The van der Waals surface area contributed by atoms with E-state index in [9.17, 15) is 27.6 Å². The van der Waals surface area contributed by atoms with Crippen molar-refractivity contribution in [1.82, 2.24) is 15.5 Å². The molecule has 2 aromatic rings. The molecule has 1 aliphatic heterocycles. The molecule has 0 bridgehead atoms. The lowest BCUT2D eigenvalue weighted by molar-refractivity contribution is -0.144. The molecule has 0 aliphatic carbocycles. The number of rotatable bonds is 9. The van der Waals surface area contributed by atoms with Gasteiger partial charge in [-0.15, -0.1) is 0 Å². The van der Waals surface area contributed by atoms with Gasteiger partial charge >= 0.3 is 6.18 Å². The van der Waals surface area contributed by atoms with Gasteiger partial charge in [0.05, 0.1) is 24.1 Å². The summed E-state index contributed by atoms with van der Waals surface area (Å²) in [6.45, 7) is 6.93. The van der Waals surface area contributed by atoms with Gasteiger partial charge < -0.3 is 20.3 Å².